The van der Waals surface area contributed by atoms with Crippen LogP contribution in [0.3, 0.4) is 0 Å². The number of rotatable bonds is 6. The molecule has 0 spiro atoms. The van der Waals surface area contributed by atoms with Crippen LogP contribution in [0.4, 0.5) is 0 Å². The summed E-state index contributed by atoms with van der Waals surface area (Å²) >= 11 is 0. The second-order valence-electron chi connectivity index (χ2n) is 6.08. The van der Waals surface area contributed by atoms with Gasteiger partial charge in [-0.05, 0) is 50.1 Å². The van der Waals surface area contributed by atoms with Crippen LogP contribution in [0.2, 0.25) is 0 Å². The van der Waals surface area contributed by atoms with Gasteiger partial charge >= 0.3 is 0 Å². The van der Waals surface area contributed by atoms with Crippen molar-refractivity contribution in [3.8, 4) is 11.5 Å². The third-order valence-corrected chi connectivity index (χ3v) is 4.25. The monoisotopic (exact) mass is 311 g/mol. The molecule has 0 atom stereocenters. The van der Waals surface area contributed by atoms with E-state index >= 15 is 0 Å². The molecule has 1 heterocycles. The molecule has 0 aromatic heterocycles. The number of hydrogen-bond donors (Lipinski definition) is 0. The van der Waals surface area contributed by atoms with Gasteiger partial charge in [0.25, 0.3) is 0 Å². The maximum atomic E-state index is 6.07. The number of morpholine rings is 1. The van der Waals surface area contributed by atoms with Gasteiger partial charge in [0.2, 0.25) is 0 Å². The number of nitrogens with zero attached hydrogens (tertiary/aromatic N) is 1. The number of ether oxygens (including phenoxy) is 2. The van der Waals surface area contributed by atoms with Gasteiger partial charge in [-0.1, -0.05) is 35.9 Å². The van der Waals surface area contributed by atoms with Crippen molar-refractivity contribution >= 4 is 0 Å². The van der Waals surface area contributed by atoms with Crippen molar-refractivity contribution < 1.29 is 9.47 Å². The van der Waals surface area contributed by atoms with Crippen LogP contribution in [-0.2, 0) is 11.2 Å². The molecule has 0 amide bonds. The van der Waals surface area contributed by atoms with E-state index in [4.69, 9.17) is 9.47 Å². The molecule has 2 aromatic rings. The van der Waals surface area contributed by atoms with Gasteiger partial charge in [-0.15, -0.1) is 0 Å². The van der Waals surface area contributed by atoms with E-state index in [0.29, 0.717) is 0 Å². The van der Waals surface area contributed by atoms with Crippen molar-refractivity contribution in [1.82, 2.24) is 4.90 Å². The maximum Gasteiger partial charge on any atom is 0.130 e. The lowest BCUT2D eigenvalue weighted by Gasteiger charge is -2.26. The van der Waals surface area contributed by atoms with Crippen molar-refractivity contribution in [3.63, 3.8) is 0 Å². The van der Waals surface area contributed by atoms with E-state index in [0.717, 1.165) is 57.2 Å². The molecule has 23 heavy (non-hydrogen) atoms. The van der Waals surface area contributed by atoms with Crippen LogP contribution in [0, 0.1) is 6.92 Å². The third kappa shape index (κ3) is 4.81. The predicted octanol–water partition coefficient (Wildman–Crippen LogP) is 4.05. The zero-order chi connectivity index (χ0) is 15.9. The summed E-state index contributed by atoms with van der Waals surface area (Å²) in [5, 5.41) is 0. The highest BCUT2D eigenvalue weighted by Crippen LogP contribution is 2.26. The standard InChI is InChI=1S/C20H25NO2/c1-17-8-10-19(11-9-17)23-20-7-3-2-5-18(20)6-4-12-21-13-15-22-16-14-21/h2-3,5,7-11H,4,6,12-16H2,1H3. The zero-order valence-electron chi connectivity index (χ0n) is 13.8. The first-order chi connectivity index (χ1) is 11.3. The number of aryl methyl sites for hydroxylation is 2. The van der Waals surface area contributed by atoms with E-state index in [-0.39, 0.29) is 0 Å². The molecule has 122 valence electrons. The van der Waals surface area contributed by atoms with E-state index in [2.05, 4.69) is 42.2 Å². The molecule has 0 N–H and O–H groups in total. The van der Waals surface area contributed by atoms with Gasteiger partial charge in [0.15, 0.2) is 0 Å². The van der Waals surface area contributed by atoms with Gasteiger partial charge in [0.05, 0.1) is 13.2 Å². The Morgan fingerprint density at radius 2 is 1.74 bits per heavy atom. The first kappa shape index (κ1) is 16.0. The van der Waals surface area contributed by atoms with Crippen LogP contribution in [0.1, 0.15) is 17.5 Å². The van der Waals surface area contributed by atoms with E-state index in [1.807, 2.05) is 18.2 Å². The van der Waals surface area contributed by atoms with Crippen LogP contribution in [-0.4, -0.2) is 37.7 Å². The Kier molecular flexibility index (Phi) is 5.67. The summed E-state index contributed by atoms with van der Waals surface area (Å²) in [5.74, 6) is 1.87. The Hall–Kier alpha value is -1.84. The van der Waals surface area contributed by atoms with E-state index in [1.54, 1.807) is 0 Å². The topological polar surface area (TPSA) is 21.7 Å². The third-order valence-electron chi connectivity index (χ3n) is 4.25. The first-order valence-electron chi connectivity index (χ1n) is 8.44. The molecule has 3 nitrogen and oxygen atoms in total. The van der Waals surface area contributed by atoms with Gasteiger partial charge in [-0.3, -0.25) is 4.90 Å². The average molecular weight is 311 g/mol. The molecule has 3 heteroatoms. The summed E-state index contributed by atoms with van der Waals surface area (Å²) in [6, 6.07) is 16.6. The van der Waals surface area contributed by atoms with Gasteiger partial charge in [-0.2, -0.15) is 0 Å². The summed E-state index contributed by atoms with van der Waals surface area (Å²) in [5.41, 5.74) is 2.53. The minimum atomic E-state index is 0.868. The van der Waals surface area contributed by atoms with Gasteiger partial charge in [0, 0.05) is 13.1 Å². The lowest BCUT2D eigenvalue weighted by molar-refractivity contribution is 0.0374. The highest BCUT2D eigenvalue weighted by molar-refractivity contribution is 5.38. The lowest BCUT2D eigenvalue weighted by Crippen LogP contribution is -2.36. The highest BCUT2D eigenvalue weighted by Gasteiger charge is 2.10. The fraction of sp³-hybridized carbons (Fsp3) is 0.400. The zero-order valence-corrected chi connectivity index (χ0v) is 13.8. The molecule has 0 radical (unpaired) electrons. The molecule has 0 unspecified atom stereocenters. The molecule has 0 saturated carbocycles. The van der Waals surface area contributed by atoms with Crippen molar-refractivity contribution in [3.05, 3.63) is 59.7 Å². The van der Waals surface area contributed by atoms with Crippen LogP contribution >= 0.6 is 0 Å². The van der Waals surface area contributed by atoms with E-state index in [9.17, 15) is 0 Å². The molecule has 1 aliphatic rings. The minimum Gasteiger partial charge on any atom is -0.457 e. The first-order valence-corrected chi connectivity index (χ1v) is 8.44. The molecule has 1 fully saturated rings. The molecule has 1 aliphatic heterocycles. The maximum absolute atomic E-state index is 6.07. The second kappa shape index (κ2) is 8.14. The minimum absolute atomic E-state index is 0.868. The summed E-state index contributed by atoms with van der Waals surface area (Å²) < 4.78 is 11.5. The number of benzene rings is 2. The molecule has 2 aromatic carbocycles. The van der Waals surface area contributed by atoms with Crippen LogP contribution in [0.15, 0.2) is 48.5 Å². The van der Waals surface area contributed by atoms with Crippen LogP contribution < -0.4 is 4.74 Å². The summed E-state index contributed by atoms with van der Waals surface area (Å²) in [6.07, 6.45) is 2.19. The Labute approximate surface area is 138 Å². The van der Waals surface area contributed by atoms with Crippen molar-refractivity contribution in [1.29, 1.82) is 0 Å². The smallest absolute Gasteiger partial charge is 0.130 e. The molecule has 0 bridgehead atoms. The Morgan fingerprint density at radius 3 is 2.52 bits per heavy atom. The second-order valence-corrected chi connectivity index (χ2v) is 6.08. The molecular weight excluding hydrogens is 286 g/mol. The normalized spacial score (nSPS) is 15.5. The quantitative estimate of drug-likeness (QED) is 0.803. The van der Waals surface area contributed by atoms with Crippen LogP contribution in [0.25, 0.3) is 0 Å². The fourth-order valence-electron chi connectivity index (χ4n) is 2.86. The van der Waals surface area contributed by atoms with Crippen molar-refractivity contribution in [2.45, 2.75) is 19.8 Å². The number of hydrogen-bond acceptors (Lipinski definition) is 3. The van der Waals surface area contributed by atoms with Crippen LogP contribution in [0.5, 0.6) is 11.5 Å². The highest BCUT2D eigenvalue weighted by atomic mass is 16.5. The summed E-state index contributed by atoms with van der Waals surface area (Å²) in [4.78, 5) is 2.48. The SMILES string of the molecule is Cc1ccc(Oc2ccccc2CCCN2CCOCC2)cc1. The molecule has 3 rings (SSSR count). The van der Waals surface area contributed by atoms with Gasteiger partial charge < -0.3 is 9.47 Å². The predicted molar refractivity (Wildman–Crippen MR) is 93.3 cm³/mol. The molecular formula is C20H25NO2. The lowest BCUT2D eigenvalue weighted by atomic mass is 10.1. The molecule has 1 saturated heterocycles. The Morgan fingerprint density at radius 1 is 1.00 bits per heavy atom. The Balaban J connectivity index is 1.57. The van der Waals surface area contributed by atoms with Gasteiger partial charge in [0.1, 0.15) is 11.5 Å². The van der Waals surface area contributed by atoms with E-state index in [1.165, 1.54) is 11.1 Å². The Bertz CT molecular complexity index is 603. The average Bonchev–Trinajstić information content (AvgIpc) is 2.59. The summed E-state index contributed by atoms with van der Waals surface area (Å²) in [6.45, 7) is 7.06. The van der Waals surface area contributed by atoms with E-state index < -0.39 is 0 Å². The number of para-hydroxylation sites is 1. The van der Waals surface area contributed by atoms with Gasteiger partial charge in [-0.25, -0.2) is 0 Å². The van der Waals surface area contributed by atoms with Crippen molar-refractivity contribution in [2.24, 2.45) is 0 Å². The molecule has 0 aliphatic carbocycles. The van der Waals surface area contributed by atoms with Crippen molar-refractivity contribution in [2.75, 3.05) is 32.8 Å². The largest absolute Gasteiger partial charge is 0.457 e. The summed E-state index contributed by atoms with van der Waals surface area (Å²) in [7, 11) is 0. The fourth-order valence-corrected chi connectivity index (χ4v) is 2.86.